The van der Waals surface area contributed by atoms with E-state index < -0.39 is 0 Å². The third kappa shape index (κ3) is 3.42. The second-order valence-electron chi connectivity index (χ2n) is 4.17. The summed E-state index contributed by atoms with van der Waals surface area (Å²) in [5, 5.41) is 3.30. The summed E-state index contributed by atoms with van der Waals surface area (Å²) in [7, 11) is 0. The van der Waals surface area contributed by atoms with Crippen LogP contribution in [0.5, 0.6) is 11.5 Å². The van der Waals surface area contributed by atoms with Gasteiger partial charge < -0.3 is 15.8 Å². The van der Waals surface area contributed by atoms with Gasteiger partial charge in [0.05, 0.1) is 5.69 Å². The molecule has 104 valence electrons. The number of nitrogens with one attached hydrogen (secondary N) is 1. The Kier molecular flexibility index (Phi) is 4.48. The molecule has 2 rings (SSSR count). The van der Waals surface area contributed by atoms with E-state index in [2.05, 4.69) is 5.32 Å². The normalized spacial score (nSPS) is 10.1. The van der Waals surface area contributed by atoms with Crippen LogP contribution in [0.3, 0.4) is 0 Å². The summed E-state index contributed by atoms with van der Waals surface area (Å²) in [4.78, 5) is 11.8. The summed E-state index contributed by atoms with van der Waals surface area (Å²) in [5.41, 5.74) is 6.81. The maximum Gasteiger partial charge on any atom is 0.251 e. The largest absolute Gasteiger partial charge is 0.455 e. The first kappa shape index (κ1) is 14.2. The second kappa shape index (κ2) is 6.30. The quantitative estimate of drug-likeness (QED) is 0.848. The fraction of sp³-hybridized carbons (Fsp3) is 0.133. The van der Waals surface area contributed by atoms with E-state index in [9.17, 15) is 4.79 Å². The lowest BCUT2D eigenvalue weighted by Crippen LogP contribution is -2.22. The smallest absolute Gasteiger partial charge is 0.251 e. The highest BCUT2D eigenvalue weighted by Gasteiger charge is 2.09. The van der Waals surface area contributed by atoms with Gasteiger partial charge in [-0.15, -0.1) is 0 Å². The molecular formula is C15H15ClN2O2. The number of carbonyl (C=O) groups is 1. The molecular weight excluding hydrogens is 276 g/mol. The van der Waals surface area contributed by atoms with Crippen LogP contribution >= 0.6 is 11.6 Å². The first-order valence-electron chi connectivity index (χ1n) is 6.21. The van der Waals surface area contributed by atoms with Gasteiger partial charge in [0.15, 0.2) is 5.75 Å². The van der Waals surface area contributed by atoms with Crippen LogP contribution in [-0.2, 0) is 0 Å². The molecule has 3 N–H and O–H groups in total. The lowest BCUT2D eigenvalue weighted by atomic mass is 10.1. The lowest BCUT2D eigenvalue weighted by Gasteiger charge is -2.10. The summed E-state index contributed by atoms with van der Waals surface area (Å²) in [6.45, 7) is 2.42. The molecule has 0 spiro atoms. The van der Waals surface area contributed by atoms with Crippen LogP contribution in [0.1, 0.15) is 17.3 Å². The van der Waals surface area contributed by atoms with Crippen LogP contribution in [0.2, 0.25) is 5.02 Å². The number of ether oxygens (including phenoxy) is 1. The Labute approximate surface area is 122 Å². The molecule has 0 aliphatic rings. The Hall–Kier alpha value is -2.20. The maximum absolute atomic E-state index is 11.8. The van der Waals surface area contributed by atoms with Crippen molar-refractivity contribution >= 4 is 23.2 Å². The molecule has 0 atom stereocenters. The van der Waals surface area contributed by atoms with Crippen LogP contribution in [-0.4, -0.2) is 12.5 Å². The average molecular weight is 291 g/mol. The van der Waals surface area contributed by atoms with Crippen LogP contribution < -0.4 is 15.8 Å². The molecule has 0 aliphatic carbocycles. The van der Waals surface area contributed by atoms with Crippen molar-refractivity contribution in [2.24, 2.45) is 0 Å². The van der Waals surface area contributed by atoms with Crippen molar-refractivity contribution in [3.05, 3.63) is 53.1 Å². The van der Waals surface area contributed by atoms with E-state index in [1.165, 1.54) is 0 Å². The minimum atomic E-state index is -0.163. The summed E-state index contributed by atoms with van der Waals surface area (Å²) in [5.74, 6) is 0.830. The van der Waals surface area contributed by atoms with Crippen molar-refractivity contribution in [1.29, 1.82) is 0 Å². The molecule has 1 amide bonds. The Bertz CT molecular complexity index is 629. The number of benzene rings is 2. The summed E-state index contributed by atoms with van der Waals surface area (Å²) < 4.78 is 5.67. The molecule has 5 heteroatoms. The predicted octanol–water partition coefficient (Wildman–Crippen LogP) is 3.46. The number of nitrogen functional groups attached to an aromatic ring is 1. The van der Waals surface area contributed by atoms with Gasteiger partial charge in [0.2, 0.25) is 0 Å². The van der Waals surface area contributed by atoms with Gasteiger partial charge in [-0.3, -0.25) is 4.79 Å². The number of carbonyl (C=O) groups excluding carboxylic acids is 1. The number of anilines is 1. The first-order valence-corrected chi connectivity index (χ1v) is 6.59. The first-order chi connectivity index (χ1) is 9.60. The third-order valence-corrected chi connectivity index (χ3v) is 2.87. The topological polar surface area (TPSA) is 64.4 Å². The summed E-state index contributed by atoms with van der Waals surface area (Å²) in [6.07, 6.45) is 0. The SMILES string of the molecule is CCNC(=O)c1ccc(N)c(Oc2cccc(Cl)c2)c1. The molecule has 0 unspecified atom stereocenters. The zero-order valence-corrected chi connectivity index (χ0v) is 11.8. The van der Waals surface area contributed by atoms with Gasteiger partial charge in [0.1, 0.15) is 5.75 Å². The standard InChI is InChI=1S/C15H15ClN2O2/c1-2-18-15(19)10-6-7-13(17)14(8-10)20-12-5-3-4-11(16)9-12/h3-9H,2,17H2,1H3,(H,18,19). The van der Waals surface area contributed by atoms with Crippen LogP contribution in [0.4, 0.5) is 5.69 Å². The summed E-state index contributed by atoms with van der Waals surface area (Å²) in [6, 6.07) is 11.9. The predicted molar refractivity (Wildman–Crippen MR) is 80.4 cm³/mol. The van der Waals surface area contributed by atoms with Crippen molar-refractivity contribution in [3.63, 3.8) is 0 Å². The number of hydrogen-bond donors (Lipinski definition) is 2. The van der Waals surface area contributed by atoms with Crippen LogP contribution in [0.25, 0.3) is 0 Å². The van der Waals surface area contributed by atoms with E-state index in [4.69, 9.17) is 22.1 Å². The van der Waals surface area contributed by atoms with E-state index in [-0.39, 0.29) is 5.91 Å². The van der Waals surface area contributed by atoms with Crippen molar-refractivity contribution in [2.75, 3.05) is 12.3 Å². The van der Waals surface area contributed by atoms with Crippen molar-refractivity contribution in [1.82, 2.24) is 5.32 Å². The molecule has 0 aliphatic heterocycles. The molecule has 2 aromatic carbocycles. The van der Waals surface area contributed by atoms with E-state index in [0.717, 1.165) is 0 Å². The number of rotatable bonds is 4. The molecule has 0 fully saturated rings. The van der Waals surface area contributed by atoms with Crippen molar-refractivity contribution < 1.29 is 9.53 Å². The molecule has 0 bridgehead atoms. The van der Waals surface area contributed by atoms with Crippen LogP contribution in [0, 0.1) is 0 Å². The fourth-order valence-corrected chi connectivity index (χ4v) is 1.86. The van der Waals surface area contributed by atoms with Gasteiger partial charge in [-0.2, -0.15) is 0 Å². The maximum atomic E-state index is 11.8. The number of hydrogen-bond acceptors (Lipinski definition) is 3. The Morgan fingerprint density at radius 3 is 2.80 bits per heavy atom. The Balaban J connectivity index is 2.27. The summed E-state index contributed by atoms with van der Waals surface area (Å²) >= 11 is 5.90. The molecule has 20 heavy (non-hydrogen) atoms. The molecule has 4 nitrogen and oxygen atoms in total. The molecule has 0 saturated carbocycles. The van der Waals surface area contributed by atoms with E-state index in [0.29, 0.717) is 34.3 Å². The molecule has 0 heterocycles. The Morgan fingerprint density at radius 1 is 1.30 bits per heavy atom. The van der Waals surface area contributed by atoms with E-state index in [1.54, 1.807) is 42.5 Å². The number of amides is 1. The Morgan fingerprint density at radius 2 is 2.10 bits per heavy atom. The molecule has 0 aromatic heterocycles. The lowest BCUT2D eigenvalue weighted by molar-refractivity contribution is 0.0955. The van der Waals surface area contributed by atoms with Crippen molar-refractivity contribution in [2.45, 2.75) is 6.92 Å². The molecule has 0 saturated heterocycles. The highest BCUT2D eigenvalue weighted by atomic mass is 35.5. The van der Waals surface area contributed by atoms with Gasteiger partial charge in [-0.1, -0.05) is 17.7 Å². The minimum Gasteiger partial charge on any atom is -0.455 e. The number of halogens is 1. The average Bonchev–Trinajstić information content (AvgIpc) is 2.41. The third-order valence-electron chi connectivity index (χ3n) is 2.64. The van der Waals surface area contributed by atoms with E-state index >= 15 is 0 Å². The van der Waals surface area contributed by atoms with Gasteiger partial charge in [0, 0.05) is 17.1 Å². The van der Waals surface area contributed by atoms with Gasteiger partial charge in [-0.25, -0.2) is 0 Å². The molecule has 0 radical (unpaired) electrons. The zero-order valence-electron chi connectivity index (χ0n) is 11.0. The van der Waals surface area contributed by atoms with Crippen LogP contribution in [0.15, 0.2) is 42.5 Å². The highest BCUT2D eigenvalue weighted by molar-refractivity contribution is 6.30. The minimum absolute atomic E-state index is 0.163. The molecule has 2 aromatic rings. The van der Waals surface area contributed by atoms with E-state index in [1.807, 2.05) is 6.92 Å². The van der Waals surface area contributed by atoms with Crippen molar-refractivity contribution in [3.8, 4) is 11.5 Å². The van der Waals surface area contributed by atoms with Gasteiger partial charge in [-0.05, 0) is 43.3 Å². The van der Waals surface area contributed by atoms with Gasteiger partial charge >= 0.3 is 0 Å². The number of nitrogens with two attached hydrogens (primary N) is 1. The highest BCUT2D eigenvalue weighted by Crippen LogP contribution is 2.29. The fourth-order valence-electron chi connectivity index (χ4n) is 1.68. The van der Waals surface area contributed by atoms with Gasteiger partial charge in [0.25, 0.3) is 5.91 Å². The second-order valence-corrected chi connectivity index (χ2v) is 4.61. The zero-order chi connectivity index (χ0) is 14.5. The monoisotopic (exact) mass is 290 g/mol.